The van der Waals surface area contributed by atoms with Crippen LogP contribution in [0.25, 0.3) is 0 Å². The van der Waals surface area contributed by atoms with Crippen molar-refractivity contribution in [2.24, 2.45) is 0 Å². The molecule has 168 valence electrons. The van der Waals surface area contributed by atoms with E-state index in [9.17, 15) is 0 Å². The van der Waals surface area contributed by atoms with Crippen LogP contribution in [0.4, 0.5) is 0 Å². The van der Waals surface area contributed by atoms with Crippen molar-refractivity contribution in [3.8, 4) is 0 Å². The van der Waals surface area contributed by atoms with Gasteiger partial charge in [-0.2, -0.15) is 0 Å². The van der Waals surface area contributed by atoms with Crippen LogP contribution in [0.15, 0.2) is 79.0 Å². The molecular formula is C27H38O3Si. The maximum absolute atomic E-state index is 7.28. The minimum atomic E-state index is -2.65. The Balaban J connectivity index is 2.58. The molecule has 0 amide bonds. The Bertz CT molecular complexity index is 762. The van der Waals surface area contributed by atoms with Gasteiger partial charge in [-0.1, -0.05) is 88.0 Å². The molecule has 0 spiro atoms. The van der Waals surface area contributed by atoms with Gasteiger partial charge in [-0.25, -0.2) is 0 Å². The van der Waals surface area contributed by atoms with Gasteiger partial charge in [-0.3, -0.25) is 0 Å². The third-order valence-corrected chi connectivity index (χ3v) is 10.5. The fourth-order valence-corrected chi connectivity index (χ4v) is 8.83. The highest BCUT2D eigenvalue weighted by Gasteiger charge is 2.51. The van der Waals surface area contributed by atoms with Gasteiger partial charge in [0, 0.05) is 19.6 Å². The van der Waals surface area contributed by atoms with Gasteiger partial charge < -0.3 is 13.9 Å². The fraction of sp³-hybridized carbons (Fsp3) is 0.444. The molecule has 0 radical (unpaired) electrons. The molecule has 0 N–H and O–H groups in total. The van der Waals surface area contributed by atoms with Crippen molar-refractivity contribution in [2.45, 2.75) is 64.9 Å². The molecule has 2 aromatic rings. The Hall–Kier alpha value is -1.94. The summed E-state index contributed by atoms with van der Waals surface area (Å²) in [4.78, 5) is 0. The van der Waals surface area contributed by atoms with Crippen LogP contribution in [0.2, 0.25) is 5.04 Å². The molecule has 0 saturated heterocycles. The first kappa shape index (κ1) is 25.3. The maximum atomic E-state index is 7.28. The minimum Gasteiger partial charge on any atom is -0.404 e. The SMILES string of the molecule is C=C=CCC(CC(OCC)OCC)O[Si](c1ccccc1)(c1ccccc1)C(C)(C)C. The molecule has 4 heteroatoms. The summed E-state index contributed by atoms with van der Waals surface area (Å²) in [7, 11) is -2.65. The molecule has 2 aromatic carbocycles. The summed E-state index contributed by atoms with van der Waals surface area (Å²) < 4.78 is 19.0. The van der Waals surface area contributed by atoms with Crippen molar-refractivity contribution in [3.05, 3.63) is 79.0 Å². The van der Waals surface area contributed by atoms with Gasteiger partial charge >= 0.3 is 0 Å². The highest BCUT2D eigenvalue weighted by Crippen LogP contribution is 2.38. The molecule has 1 atom stereocenters. The number of hydrogen-bond donors (Lipinski definition) is 0. The normalized spacial score (nSPS) is 13.1. The lowest BCUT2D eigenvalue weighted by Crippen LogP contribution is -2.67. The van der Waals surface area contributed by atoms with Gasteiger partial charge in [-0.05, 0) is 41.8 Å². The molecule has 0 bridgehead atoms. The molecule has 0 aromatic heterocycles. The summed E-state index contributed by atoms with van der Waals surface area (Å²) in [5, 5.41) is 2.45. The summed E-state index contributed by atoms with van der Waals surface area (Å²) in [5.74, 6) is 0. The first-order valence-corrected chi connectivity index (χ1v) is 13.2. The van der Waals surface area contributed by atoms with Gasteiger partial charge in [0.25, 0.3) is 8.32 Å². The van der Waals surface area contributed by atoms with Gasteiger partial charge in [0.1, 0.15) is 0 Å². The molecule has 0 aliphatic carbocycles. The second kappa shape index (κ2) is 12.2. The standard InChI is InChI=1S/C27H38O3Si/c1-7-10-17-23(22-26(28-8-2)29-9-3)30-31(27(4,5)6,24-18-13-11-14-19-24)25-20-15-12-16-21-25/h10-16,18-21,23,26H,1,8-9,17,22H2,2-6H3. The van der Waals surface area contributed by atoms with E-state index in [4.69, 9.17) is 13.9 Å². The average Bonchev–Trinajstić information content (AvgIpc) is 2.76. The molecule has 31 heavy (non-hydrogen) atoms. The molecule has 1 unspecified atom stereocenters. The third kappa shape index (κ3) is 6.52. The summed E-state index contributed by atoms with van der Waals surface area (Å²) >= 11 is 0. The Labute approximate surface area is 189 Å². The van der Waals surface area contributed by atoms with Crippen molar-refractivity contribution >= 4 is 18.7 Å². The van der Waals surface area contributed by atoms with Gasteiger partial charge in [0.2, 0.25) is 0 Å². The van der Waals surface area contributed by atoms with Crippen molar-refractivity contribution < 1.29 is 13.9 Å². The van der Waals surface area contributed by atoms with Gasteiger partial charge in [0.15, 0.2) is 6.29 Å². The zero-order valence-corrected chi connectivity index (χ0v) is 20.8. The van der Waals surface area contributed by atoms with E-state index in [1.54, 1.807) is 0 Å². The lowest BCUT2D eigenvalue weighted by molar-refractivity contribution is -0.150. The molecule has 0 fully saturated rings. The van der Waals surface area contributed by atoms with E-state index in [0.29, 0.717) is 26.1 Å². The summed E-state index contributed by atoms with van der Waals surface area (Å²) in [6, 6.07) is 21.4. The fourth-order valence-electron chi connectivity index (χ4n) is 4.12. The molecule has 2 rings (SSSR count). The predicted molar refractivity (Wildman–Crippen MR) is 132 cm³/mol. The molecule has 0 heterocycles. The smallest absolute Gasteiger partial charge is 0.261 e. The number of benzene rings is 2. The van der Waals surface area contributed by atoms with Gasteiger partial charge in [0.05, 0.1) is 6.10 Å². The van der Waals surface area contributed by atoms with Crippen molar-refractivity contribution in [2.75, 3.05) is 13.2 Å². The Morgan fingerprint density at radius 2 is 1.39 bits per heavy atom. The molecule has 3 nitrogen and oxygen atoms in total. The predicted octanol–water partition coefficient (Wildman–Crippen LogP) is 5.45. The van der Waals surface area contributed by atoms with E-state index < -0.39 is 8.32 Å². The van der Waals surface area contributed by atoms with E-state index in [2.05, 4.69) is 93.7 Å². The lowest BCUT2D eigenvalue weighted by atomic mass is 10.2. The zero-order valence-electron chi connectivity index (χ0n) is 19.8. The summed E-state index contributed by atoms with van der Waals surface area (Å²) in [6.07, 6.45) is 2.95. The first-order chi connectivity index (χ1) is 14.9. The maximum Gasteiger partial charge on any atom is 0.261 e. The van der Waals surface area contributed by atoms with E-state index in [1.165, 1.54) is 10.4 Å². The number of hydrogen-bond acceptors (Lipinski definition) is 3. The highest BCUT2D eigenvalue weighted by molar-refractivity contribution is 6.99. The Morgan fingerprint density at radius 3 is 1.77 bits per heavy atom. The van der Waals surface area contributed by atoms with Crippen LogP contribution >= 0.6 is 0 Å². The highest BCUT2D eigenvalue weighted by atomic mass is 28.4. The van der Waals surface area contributed by atoms with E-state index in [1.807, 2.05) is 19.9 Å². The van der Waals surface area contributed by atoms with Crippen LogP contribution in [-0.4, -0.2) is 33.9 Å². The van der Waals surface area contributed by atoms with Crippen molar-refractivity contribution in [1.29, 1.82) is 0 Å². The molecule has 0 aliphatic rings. The minimum absolute atomic E-state index is 0.0800. The van der Waals surface area contributed by atoms with Crippen molar-refractivity contribution in [3.63, 3.8) is 0 Å². The first-order valence-electron chi connectivity index (χ1n) is 11.2. The van der Waals surface area contributed by atoms with Crippen LogP contribution in [0.1, 0.15) is 47.5 Å². The largest absolute Gasteiger partial charge is 0.404 e. The van der Waals surface area contributed by atoms with Crippen LogP contribution in [0, 0.1) is 0 Å². The lowest BCUT2D eigenvalue weighted by Gasteiger charge is -2.45. The average molecular weight is 439 g/mol. The van der Waals surface area contributed by atoms with E-state index in [-0.39, 0.29) is 17.4 Å². The third-order valence-electron chi connectivity index (χ3n) is 5.45. The molecule has 0 saturated carbocycles. The summed E-state index contributed by atoms with van der Waals surface area (Å²) in [6.45, 7) is 15.8. The zero-order chi connectivity index (χ0) is 22.7. The van der Waals surface area contributed by atoms with Crippen LogP contribution in [0.5, 0.6) is 0 Å². The molecule has 0 aliphatic heterocycles. The quantitative estimate of drug-likeness (QED) is 0.250. The monoisotopic (exact) mass is 438 g/mol. The van der Waals surface area contributed by atoms with Crippen LogP contribution in [-0.2, 0) is 13.9 Å². The van der Waals surface area contributed by atoms with Crippen LogP contribution in [0.3, 0.4) is 0 Å². The number of ether oxygens (including phenoxy) is 2. The topological polar surface area (TPSA) is 27.7 Å². The number of rotatable bonds is 12. The Morgan fingerprint density at radius 1 is 0.903 bits per heavy atom. The Kier molecular flexibility index (Phi) is 9.95. The van der Waals surface area contributed by atoms with E-state index >= 15 is 0 Å². The van der Waals surface area contributed by atoms with E-state index in [0.717, 1.165) is 0 Å². The van der Waals surface area contributed by atoms with Crippen molar-refractivity contribution in [1.82, 2.24) is 0 Å². The summed E-state index contributed by atoms with van der Waals surface area (Å²) in [5.41, 5.74) is 2.92. The van der Waals surface area contributed by atoms with Crippen LogP contribution < -0.4 is 10.4 Å². The second-order valence-electron chi connectivity index (χ2n) is 8.62. The van der Waals surface area contributed by atoms with Gasteiger partial charge in [-0.15, -0.1) is 5.73 Å². The second-order valence-corrected chi connectivity index (χ2v) is 12.9. The molecular weight excluding hydrogens is 400 g/mol.